The van der Waals surface area contributed by atoms with Crippen LogP contribution in [0, 0.1) is 0 Å². The second kappa shape index (κ2) is 12.2. The lowest BCUT2D eigenvalue weighted by Crippen LogP contribution is -2.51. The molecule has 0 radical (unpaired) electrons. The number of rotatable bonds is 10. The minimum absolute atomic E-state index is 0.0266. The Hall–Kier alpha value is -2.53. The highest BCUT2D eigenvalue weighted by molar-refractivity contribution is 6.74. The first-order valence-corrected chi connectivity index (χ1v) is 17.9. The first-order chi connectivity index (χ1) is 19.5. The summed E-state index contributed by atoms with van der Waals surface area (Å²) >= 11 is 0. The zero-order valence-electron chi connectivity index (χ0n) is 26.7. The second-order valence-electron chi connectivity index (χ2n) is 14.0. The molecule has 2 aliphatic rings. The van der Waals surface area contributed by atoms with Crippen LogP contribution in [0.25, 0.3) is 0 Å². The van der Waals surface area contributed by atoms with Crippen LogP contribution >= 0.6 is 0 Å². The second-order valence-corrected chi connectivity index (χ2v) is 18.8. The molecule has 2 atom stereocenters. The Labute approximate surface area is 252 Å². The van der Waals surface area contributed by atoms with E-state index in [1.807, 2.05) is 70.2 Å². The fraction of sp³-hybridized carbons (Fsp3) is 0.594. The van der Waals surface area contributed by atoms with Crippen molar-refractivity contribution in [3.05, 3.63) is 54.1 Å². The number of aryl methyl sites for hydroxylation is 1. The lowest BCUT2D eigenvalue weighted by atomic mass is 9.77. The van der Waals surface area contributed by atoms with Crippen LogP contribution in [-0.2, 0) is 20.2 Å². The van der Waals surface area contributed by atoms with Crippen LogP contribution < -0.4 is 14.9 Å². The number of hydrogen-bond acceptors (Lipinski definition) is 6. The van der Waals surface area contributed by atoms with Crippen LogP contribution in [0.3, 0.4) is 0 Å². The van der Waals surface area contributed by atoms with Gasteiger partial charge in [-0.1, -0.05) is 51.1 Å². The van der Waals surface area contributed by atoms with E-state index >= 15 is 0 Å². The zero-order valence-corrected chi connectivity index (χ0v) is 27.7. The van der Waals surface area contributed by atoms with Crippen molar-refractivity contribution in [1.82, 2.24) is 4.90 Å². The molecule has 1 N–H and O–H groups in total. The summed E-state index contributed by atoms with van der Waals surface area (Å²) in [4.78, 5) is 13.9. The maximum absolute atomic E-state index is 12.4. The highest BCUT2D eigenvalue weighted by Gasteiger charge is 2.52. The maximum Gasteiger partial charge on any atom is 0.494 e. The van der Waals surface area contributed by atoms with Gasteiger partial charge >= 0.3 is 13.2 Å². The molecule has 0 spiro atoms. The number of para-hydroxylation sites is 1. The molecule has 8 nitrogen and oxygen atoms in total. The van der Waals surface area contributed by atoms with Crippen molar-refractivity contribution in [1.29, 1.82) is 0 Å². The van der Waals surface area contributed by atoms with E-state index < -0.39 is 38.8 Å². The Morgan fingerprint density at radius 3 is 2.33 bits per heavy atom. The molecular weight excluding hydrogens is 549 g/mol. The quantitative estimate of drug-likeness (QED) is 0.330. The third kappa shape index (κ3) is 7.51. The van der Waals surface area contributed by atoms with Crippen molar-refractivity contribution < 1.29 is 33.1 Å². The summed E-state index contributed by atoms with van der Waals surface area (Å²) in [5.41, 5.74) is 1.22. The average molecular weight is 598 g/mol. The van der Waals surface area contributed by atoms with Crippen LogP contribution in [0.5, 0.6) is 11.5 Å². The van der Waals surface area contributed by atoms with Crippen molar-refractivity contribution >= 4 is 27.0 Å². The number of benzene rings is 2. The van der Waals surface area contributed by atoms with Gasteiger partial charge in [-0.2, -0.15) is 0 Å². The van der Waals surface area contributed by atoms with Crippen molar-refractivity contribution in [2.75, 3.05) is 19.7 Å². The van der Waals surface area contributed by atoms with E-state index in [0.717, 1.165) is 28.9 Å². The van der Waals surface area contributed by atoms with Gasteiger partial charge in [0.15, 0.2) is 8.32 Å². The highest BCUT2D eigenvalue weighted by atomic mass is 28.4. The monoisotopic (exact) mass is 597 g/mol. The predicted molar refractivity (Wildman–Crippen MR) is 168 cm³/mol. The van der Waals surface area contributed by atoms with E-state index in [2.05, 4.69) is 39.9 Å². The number of hydrogen-bond donors (Lipinski definition) is 1. The SMILES string of the molecule is CC1(C)OB(c2ccc3c(c2)CC[C@H](CN(C[C@@H](COc2ccccc2)O[Si](C)(C)C(C)(C)C)C(=O)O)O3)OC1(C)C. The third-order valence-electron chi connectivity index (χ3n) is 9.20. The van der Waals surface area contributed by atoms with Gasteiger partial charge in [0, 0.05) is 0 Å². The molecule has 0 aromatic heterocycles. The fourth-order valence-electron chi connectivity index (χ4n) is 4.86. The first-order valence-electron chi connectivity index (χ1n) is 15.0. The summed E-state index contributed by atoms with van der Waals surface area (Å²) < 4.78 is 31.5. The molecule has 2 heterocycles. The number of nitrogens with zero attached hydrogens (tertiary/aromatic N) is 1. The fourth-order valence-corrected chi connectivity index (χ4v) is 6.19. The van der Waals surface area contributed by atoms with Crippen molar-refractivity contribution in [3.8, 4) is 11.5 Å². The van der Waals surface area contributed by atoms with Crippen molar-refractivity contribution in [2.45, 2.75) is 103 Å². The first kappa shape index (κ1) is 32.4. The Kier molecular flexibility index (Phi) is 9.43. The van der Waals surface area contributed by atoms with Crippen LogP contribution in [0.4, 0.5) is 4.79 Å². The number of ether oxygens (including phenoxy) is 2. The molecule has 0 unspecified atom stereocenters. The molecule has 2 aromatic carbocycles. The van der Waals surface area contributed by atoms with Crippen LogP contribution in [0.1, 0.15) is 60.5 Å². The molecule has 1 saturated heterocycles. The molecule has 1 amide bonds. The van der Waals surface area contributed by atoms with Crippen molar-refractivity contribution in [3.63, 3.8) is 0 Å². The molecule has 0 saturated carbocycles. The third-order valence-corrected chi connectivity index (χ3v) is 13.7. The summed E-state index contributed by atoms with van der Waals surface area (Å²) in [5.74, 6) is 1.51. The van der Waals surface area contributed by atoms with Gasteiger partial charge in [-0.3, -0.25) is 0 Å². The van der Waals surface area contributed by atoms with Crippen LogP contribution in [0.15, 0.2) is 48.5 Å². The van der Waals surface area contributed by atoms with E-state index in [4.69, 9.17) is 23.2 Å². The van der Waals surface area contributed by atoms with E-state index in [0.29, 0.717) is 6.42 Å². The van der Waals surface area contributed by atoms with Crippen LogP contribution in [0.2, 0.25) is 18.1 Å². The number of carboxylic acid groups (broad SMARTS) is 1. The minimum Gasteiger partial charge on any atom is -0.491 e. The Morgan fingerprint density at radius 1 is 1.10 bits per heavy atom. The molecule has 1 fully saturated rings. The van der Waals surface area contributed by atoms with Gasteiger partial charge in [0.2, 0.25) is 0 Å². The molecule has 4 rings (SSSR count). The summed E-state index contributed by atoms with van der Waals surface area (Å²) in [6.45, 7) is 19.8. The molecule has 230 valence electrons. The highest BCUT2D eigenvalue weighted by Crippen LogP contribution is 2.38. The standard InChI is InChI=1S/C32H48BNO7Si/c1-30(2,3)42(8,9)39-27(22-37-25-13-11-10-12-14-25)21-34(29(35)36)20-26-17-15-23-19-24(16-18-28(23)38-26)33-40-31(4,5)32(6,7)41-33/h10-14,16,18-19,26-27H,15,17,20-22H2,1-9H3,(H,35,36)/t26-,27+/m1/s1. The van der Waals surface area contributed by atoms with E-state index in [1.165, 1.54) is 4.90 Å². The summed E-state index contributed by atoms with van der Waals surface area (Å²) in [5, 5.41) is 10.2. The predicted octanol–water partition coefficient (Wildman–Crippen LogP) is 6.13. The lowest BCUT2D eigenvalue weighted by molar-refractivity contribution is 0.00578. The molecule has 2 aliphatic heterocycles. The summed E-state index contributed by atoms with van der Waals surface area (Å²) in [7, 11) is -2.63. The van der Waals surface area contributed by atoms with E-state index in [1.54, 1.807) is 0 Å². The minimum atomic E-state index is -2.19. The van der Waals surface area contributed by atoms with Gasteiger partial charge in [0.1, 0.15) is 24.2 Å². The topological polar surface area (TPSA) is 86.7 Å². The Bertz CT molecular complexity index is 1220. The number of fused-ring (bicyclic) bond motifs is 1. The number of amides is 1. The molecule has 0 bridgehead atoms. The van der Waals surface area contributed by atoms with Crippen LogP contribution in [-0.4, -0.2) is 74.6 Å². The zero-order chi connectivity index (χ0) is 30.9. The average Bonchev–Trinajstić information content (AvgIpc) is 3.12. The van der Waals surface area contributed by atoms with Gasteiger partial charge in [-0.15, -0.1) is 0 Å². The summed E-state index contributed by atoms with van der Waals surface area (Å²) in [6.07, 6.45) is -0.191. The normalized spacial score (nSPS) is 20.4. The van der Waals surface area contributed by atoms with Gasteiger partial charge in [-0.25, -0.2) is 4.79 Å². The van der Waals surface area contributed by atoms with Gasteiger partial charge in [0.05, 0.1) is 30.4 Å². The lowest BCUT2D eigenvalue weighted by Gasteiger charge is -2.40. The number of carbonyl (C=O) groups is 1. The largest absolute Gasteiger partial charge is 0.494 e. The molecule has 2 aromatic rings. The Morgan fingerprint density at radius 2 is 1.74 bits per heavy atom. The maximum atomic E-state index is 12.4. The summed E-state index contributed by atoms with van der Waals surface area (Å²) in [6, 6.07) is 15.6. The van der Waals surface area contributed by atoms with E-state index in [9.17, 15) is 9.90 Å². The molecule has 42 heavy (non-hydrogen) atoms. The van der Waals surface area contributed by atoms with Crippen molar-refractivity contribution in [2.24, 2.45) is 0 Å². The molecule has 0 aliphatic carbocycles. The van der Waals surface area contributed by atoms with Gasteiger partial charge in [-0.05, 0) is 87.9 Å². The van der Waals surface area contributed by atoms with Gasteiger partial charge in [0.25, 0.3) is 0 Å². The smallest absolute Gasteiger partial charge is 0.491 e. The van der Waals surface area contributed by atoms with E-state index in [-0.39, 0.29) is 30.8 Å². The van der Waals surface area contributed by atoms with Gasteiger partial charge < -0.3 is 33.2 Å². The molecular formula is C32H48BNO7Si. The Balaban J connectivity index is 1.43. The molecule has 10 heteroatoms.